The summed E-state index contributed by atoms with van der Waals surface area (Å²) in [5.41, 5.74) is 7.36. The van der Waals surface area contributed by atoms with E-state index >= 15 is 0 Å². The molecule has 1 heterocycles. The molecule has 5 heteroatoms. The molecule has 114 valence electrons. The lowest BCUT2D eigenvalue weighted by molar-refractivity contribution is 0.397. The van der Waals surface area contributed by atoms with Crippen molar-refractivity contribution in [3.63, 3.8) is 0 Å². The predicted molar refractivity (Wildman–Crippen MR) is 84.1 cm³/mol. The van der Waals surface area contributed by atoms with E-state index in [1.165, 1.54) is 11.3 Å². The Balaban J connectivity index is 2.33. The molecule has 0 saturated carbocycles. The van der Waals surface area contributed by atoms with Crippen LogP contribution in [0.3, 0.4) is 0 Å². The van der Waals surface area contributed by atoms with Gasteiger partial charge < -0.3 is 4.74 Å². The Morgan fingerprint density at radius 1 is 1.33 bits per heavy atom. The summed E-state index contributed by atoms with van der Waals surface area (Å²) < 4.78 is 7.48. The lowest BCUT2D eigenvalue weighted by Crippen LogP contribution is -2.30. The molecule has 2 rings (SSSR count). The Labute approximate surface area is 126 Å². The minimum absolute atomic E-state index is 0.0127. The van der Waals surface area contributed by atoms with Crippen LogP contribution >= 0.6 is 0 Å². The Hall–Kier alpha value is -1.85. The molecule has 0 spiro atoms. The van der Waals surface area contributed by atoms with Crippen LogP contribution in [-0.4, -0.2) is 16.9 Å². The maximum Gasteiger partial charge on any atom is 0.123 e. The number of nitrogens with one attached hydrogen (secondary N) is 1. The number of ether oxygens (including phenoxy) is 1. The molecule has 2 aromatic rings. The molecule has 1 aromatic carbocycles. The molecule has 0 saturated heterocycles. The summed E-state index contributed by atoms with van der Waals surface area (Å²) in [6, 6.07) is 8.23. The van der Waals surface area contributed by atoms with Crippen LogP contribution in [0.1, 0.15) is 35.5 Å². The molecule has 0 aliphatic rings. The van der Waals surface area contributed by atoms with Crippen LogP contribution < -0.4 is 16.0 Å². The van der Waals surface area contributed by atoms with Gasteiger partial charge in [-0.2, -0.15) is 5.10 Å². The summed E-state index contributed by atoms with van der Waals surface area (Å²) in [6.45, 7) is 7.02. The summed E-state index contributed by atoms with van der Waals surface area (Å²) in [5.74, 6) is 6.64. The van der Waals surface area contributed by atoms with Gasteiger partial charge in [0.2, 0.25) is 0 Å². The molecular weight excluding hydrogens is 264 g/mol. The van der Waals surface area contributed by atoms with Crippen LogP contribution in [0, 0.1) is 13.8 Å². The SMILES string of the molecule is CCn1nc(C)cc1CC(NN)c1cc(C)ccc1OC. The Bertz CT molecular complexity index is 606. The Morgan fingerprint density at radius 3 is 2.71 bits per heavy atom. The molecule has 1 atom stereocenters. The van der Waals surface area contributed by atoms with Crippen LogP contribution in [0.25, 0.3) is 0 Å². The number of nitrogens with two attached hydrogens (primary N) is 1. The predicted octanol–water partition coefficient (Wildman–Crippen LogP) is 2.28. The summed E-state index contributed by atoms with van der Waals surface area (Å²) in [4.78, 5) is 0. The summed E-state index contributed by atoms with van der Waals surface area (Å²) in [7, 11) is 1.68. The number of nitrogens with zero attached hydrogens (tertiary/aromatic N) is 2. The fourth-order valence-electron chi connectivity index (χ4n) is 2.63. The largest absolute Gasteiger partial charge is 0.496 e. The zero-order chi connectivity index (χ0) is 15.4. The van der Waals surface area contributed by atoms with Crippen molar-refractivity contribution in [3.05, 3.63) is 46.8 Å². The average Bonchev–Trinajstić information content (AvgIpc) is 2.84. The van der Waals surface area contributed by atoms with E-state index in [9.17, 15) is 0 Å². The van der Waals surface area contributed by atoms with E-state index in [-0.39, 0.29) is 6.04 Å². The number of hydrogen-bond acceptors (Lipinski definition) is 4. The van der Waals surface area contributed by atoms with Gasteiger partial charge in [-0.25, -0.2) is 0 Å². The molecule has 0 bridgehead atoms. The third kappa shape index (κ3) is 3.43. The second-order valence-corrected chi connectivity index (χ2v) is 5.26. The molecule has 0 aliphatic heterocycles. The molecular formula is C16H24N4O. The first-order valence-electron chi connectivity index (χ1n) is 7.23. The van der Waals surface area contributed by atoms with Crippen molar-refractivity contribution in [1.29, 1.82) is 0 Å². The normalized spacial score (nSPS) is 12.4. The topological polar surface area (TPSA) is 65.1 Å². The van der Waals surface area contributed by atoms with Crippen LogP contribution in [0.2, 0.25) is 0 Å². The molecule has 21 heavy (non-hydrogen) atoms. The number of hydrazine groups is 1. The lowest BCUT2D eigenvalue weighted by Gasteiger charge is -2.20. The van der Waals surface area contributed by atoms with Crippen LogP contribution in [0.5, 0.6) is 5.75 Å². The van der Waals surface area contributed by atoms with E-state index in [0.29, 0.717) is 0 Å². The second-order valence-electron chi connectivity index (χ2n) is 5.26. The van der Waals surface area contributed by atoms with Gasteiger partial charge >= 0.3 is 0 Å². The van der Waals surface area contributed by atoms with E-state index in [2.05, 4.69) is 36.5 Å². The fraction of sp³-hybridized carbons (Fsp3) is 0.438. The molecule has 0 aliphatic carbocycles. The fourth-order valence-corrected chi connectivity index (χ4v) is 2.63. The van der Waals surface area contributed by atoms with Crippen LogP contribution in [-0.2, 0) is 13.0 Å². The highest BCUT2D eigenvalue weighted by Crippen LogP contribution is 2.28. The highest BCUT2D eigenvalue weighted by molar-refractivity contribution is 5.39. The van der Waals surface area contributed by atoms with Gasteiger partial charge in [-0.15, -0.1) is 0 Å². The number of hydrogen-bond donors (Lipinski definition) is 2. The third-order valence-electron chi connectivity index (χ3n) is 3.66. The van der Waals surface area contributed by atoms with Crippen molar-refractivity contribution >= 4 is 0 Å². The maximum absolute atomic E-state index is 5.79. The molecule has 1 aromatic heterocycles. The van der Waals surface area contributed by atoms with Gasteiger partial charge in [0, 0.05) is 24.2 Å². The second kappa shape index (κ2) is 6.74. The molecule has 5 nitrogen and oxygen atoms in total. The van der Waals surface area contributed by atoms with Gasteiger partial charge in [0.1, 0.15) is 5.75 Å². The molecule has 3 N–H and O–H groups in total. The highest BCUT2D eigenvalue weighted by Gasteiger charge is 2.18. The van der Waals surface area contributed by atoms with E-state index in [1.807, 2.05) is 23.7 Å². The van der Waals surface area contributed by atoms with Crippen molar-refractivity contribution in [2.75, 3.05) is 7.11 Å². The third-order valence-corrected chi connectivity index (χ3v) is 3.66. The van der Waals surface area contributed by atoms with Gasteiger partial charge in [-0.3, -0.25) is 16.0 Å². The van der Waals surface area contributed by atoms with E-state index < -0.39 is 0 Å². The summed E-state index contributed by atoms with van der Waals surface area (Å²) in [6.07, 6.45) is 0.769. The van der Waals surface area contributed by atoms with Gasteiger partial charge in [0.25, 0.3) is 0 Å². The van der Waals surface area contributed by atoms with Crippen molar-refractivity contribution in [2.45, 2.75) is 39.8 Å². The van der Waals surface area contributed by atoms with Gasteiger partial charge in [0.15, 0.2) is 0 Å². The minimum atomic E-state index is -0.0127. The van der Waals surface area contributed by atoms with Crippen molar-refractivity contribution in [2.24, 2.45) is 5.84 Å². The molecule has 1 unspecified atom stereocenters. The number of aromatic nitrogens is 2. The van der Waals surface area contributed by atoms with Crippen LogP contribution in [0.15, 0.2) is 24.3 Å². The lowest BCUT2D eigenvalue weighted by atomic mass is 9.99. The standard InChI is InChI=1S/C16H24N4O/c1-5-20-13(9-12(3)19-20)10-15(18-17)14-8-11(2)6-7-16(14)21-4/h6-9,15,18H,5,10,17H2,1-4H3. The van der Waals surface area contributed by atoms with Gasteiger partial charge in [-0.1, -0.05) is 17.7 Å². The zero-order valence-corrected chi connectivity index (χ0v) is 13.2. The van der Waals surface area contributed by atoms with Crippen molar-refractivity contribution < 1.29 is 4.74 Å². The first-order valence-corrected chi connectivity index (χ1v) is 7.23. The number of aryl methyl sites for hydroxylation is 3. The molecule has 0 fully saturated rings. The number of rotatable bonds is 6. The summed E-state index contributed by atoms with van der Waals surface area (Å²) >= 11 is 0. The number of benzene rings is 1. The van der Waals surface area contributed by atoms with Crippen molar-refractivity contribution in [1.82, 2.24) is 15.2 Å². The first kappa shape index (κ1) is 15.5. The van der Waals surface area contributed by atoms with E-state index in [4.69, 9.17) is 10.6 Å². The van der Waals surface area contributed by atoms with E-state index in [0.717, 1.165) is 30.0 Å². The Kier molecular flexibility index (Phi) is 4.98. The number of methoxy groups -OCH3 is 1. The Morgan fingerprint density at radius 2 is 2.10 bits per heavy atom. The quantitative estimate of drug-likeness (QED) is 0.632. The monoisotopic (exact) mass is 288 g/mol. The zero-order valence-electron chi connectivity index (χ0n) is 13.2. The minimum Gasteiger partial charge on any atom is -0.496 e. The maximum atomic E-state index is 5.79. The first-order chi connectivity index (χ1) is 10.1. The summed E-state index contributed by atoms with van der Waals surface area (Å²) in [5, 5.41) is 4.49. The smallest absolute Gasteiger partial charge is 0.123 e. The van der Waals surface area contributed by atoms with Gasteiger partial charge in [0.05, 0.1) is 18.8 Å². The van der Waals surface area contributed by atoms with Crippen LogP contribution in [0.4, 0.5) is 0 Å². The average molecular weight is 288 g/mol. The van der Waals surface area contributed by atoms with Crippen molar-refractivity contribution in [3.8, 4) is 5.75 Å². The molecule has 0 amide bonds. The van der Waals surface area contributed by atoms with E-state index in [1.54, 1.807) is 7.11 Å². The van der Waals surface area contributed by atoms with Gasteiger partial charge in [-0.05, 0) is 32.9 Å². The molecule has 0 radical (unpaired) electrons. The highest BCUT2D eigenvalue weighted by atomic mass is 16.5.